The lowest BCUT2D eigenvalue weighted by molar-refractivity contribution is -0.870. The Kier molecular flexibility index (Phi) is 15.9. The molecule has 0 N–H and O–H groups in total. The predicted octanol–water partition coefficient (Wildman–Crippen LogP) is 8.13. The molecule has 0 heterocycles. The van der Waals surface area contributed by atoms with Crippen LogP contribution in [0.3, 0.4) is 0 Å². The number of aryl methyl sites for hydroxylation is 3. The zero-order valence-corrected chi connectivity index (χ0v) is 24.8. The van der Waals surface area contributed by atoms with Crippen molar-refractivity contribution >= 4 is 10.1 Å². The van der Waals surface area contributed by atoms with Crippen molar-refractivity contribution < 1.29 is 17.1 Å². The van der Waals surface area contributed by atoms with Gasteiger partial charge in [0, 0.05) is 6.42 Å². The van der Waals surface area contributed by atoms with E-state index in [0.717, 1.165) is 28.6 Å². The summed E-state index contributed by atoms with van der Waals surface area (Å²) in [5, 5.41) is 0. The summed E-state index contributed by atoms with van der Waals surface area (Å²) in [7, 11) is 2.64. The highest BCUT2D eigenvalue weighted by Gasteiger charge is 2.18. The second kappa shape index (κ2) is 17.4. The molecular formula is C30H56NO3S+. The van der Waals surface area contributed by atoms with Gasteiger partial charge in [-0.05, 0) is 43.4 Å². The first-order valence-corrected chi connectivity index (χ1v) is 15.9. The van der Waals surface area contributed by atoms with Crippen LogP contribution in [0.1, 0.15) is 120 Å². The molecule has 0 bridgehead atoms. The smallest absolute Gasteiger partial charge is 0.309 e. The molecule has 0 aliphatic carbocycles. The third kappa shape index (κ3) is 16.3. The maximum absolute atomic E-state index is 12.5. The van der Waals surface area contributed by atoms with Crippen LogP contribution < -0.4 is 4.18 Å². The van der Waals surface area contributed by atoms with E-state index >= 15 is 0 Å². The van der Waals surface area contributed by atoms with Gasteiger partial charge in [-0.3, -0.25) is 0 Å². The molecule has 1 rings (SSSR count). The van der Waals surface area contributed by atoms with Crippen LogP contribution in [-0.4, -0.2) is 46.3 Å². The van der Waals surface area contributed by atoms with Crippen molar-refractivity contribution in [1.82, 2.24) is 0 Å². The lowest BCUT2D eigenvalue weighted by Crippen LogP contribution is -2.36. The van der Waals surface area contributed by atoms with Gasteiger partial charge in [-0.1, -0.05) is 103 Å². The highest BCUT2D eigenvalue weighted by atomic mass is 32.2. The largest absolute Gasteiger partial charge is 0.382 e. The predicted molar refractivity (Wildman–Crippen MR) is 152 cm³/mol. The van der Waals surface area contributed by atoms with Crippen molar-refractivity contribution in [3.05, 3.63) is 28.8 Å². The number of hydrogen-bond donors (Lipinski definition) is 0. The summed E-state index contributed by atoms with van der Waals surface area (Å²) in [5.41, 5.74) is 3.12. The van der Waals surface area contributed by atoms with Gasteiger partial charge >= 0.3 is 10.1 Å². The molecule has 0 saturated heterocycles. The van der Waals surface area contributed by atoms with E-state index in [4.69, 9.17) is 4.18 Å². The highest BCUT2D eigenvalue weighted by Crippen LogP contribution is 2.27. The van der Waals surface area contributed by atoms with E-state index in [1.165, 1.54) is 95.5 Å². The first kappa shape index (κ1) is 32.0. The fourth-order valence-electron chi connectivity index (χ4n) is 4.72. The Morgan fingerprint density at radius 2 is 1.11 bits per heavy atom. The number of nitrogens with zero attached hydrogens (tertiary/aromatic N) is 1. The van der Waals surface area contributed by atoms with Crippen LogP contribution in [0, 0.1) is 13.8 Å². The van der Waals surface area contributed by atoms with Crippen LogP contribution in [-0.2, 0) is 16.5 Å². The van der Waals surface area contributed by atoms with E-state index in [1.54, 1.807) is 0 Å². The van der Waals surface area contributed by atoms with Crippen LogP contribution in [0.4, 0.5) is 0 Å². The molecule has 1 aromatic rings. The minimum Gasteiger partial charge on any atom is -0.382 e. The Morgan fingerprint density at radius 3 is 1.54 bits per heavy atom. The van der Waals surface area contributed by atoms with Gasteiger partial charge in [0.15, 0.2) is 0 Å². The summed E-state index contributed by atoms with van der Waals surface area (Å²) in [6.45, 7) is 7.00. The lowest BCUT2D eigenvalue weighted by atomic mass is 10.00. The molecule has 0 fully saturated rings. The number of hydrogen-bond acceptors (Lipinski definition) is 3. The summed E-state index contributed by atoms with van der Waals surface area (Å²) < 4.78 is 31.2. The first-order valence-electron chi connectivity index (χ1n) is 14.4. The molecule has 5 heteroatoms. The normalized spacial score (nSPS) is 12.3. The third-order valence-electron chi connectivity index (χ3n) is 6.77. The number of rotatable bonds is 21. The Hall–Kier alpha value is -1.07. The molecule has 4 nitrogen and oxygen atoms in total. The fourth-order valence-corrected chi connectivity index (χ4v) is 5.81. The molecular weight excluding hydrogens is 454 g/mol. The fraction of sp³-hybridized carbons (Fsp3) is 0.800. The van der Waals surface area contributed by atoms with Crippen LogP contribution in [0.25, 0.3) is 0 Å². The van der Waals surface area contributed by atoms with Gasteiger partial charge < -0.3 is 8.67 Å². The summed E-state index contributed by atoms with van der Waals surface area (Å²) in [4.78, 5) is 0. The summed E-state index contributed by atoms with van der Waals surface area (Å²) >= 11 is 0. The molecule has 0 saturated carbocycles. The minimum atomic E-state index is -3.57. The molecule has 0 unspecified atom stereocenters. The molecule has 1 aromatic carbocycles. The molecule has 204 valence electrons. The molecule has 0 atom stereocenters. The van der Waals surface area contributed by atoms with Crippen molar-refractivity contribution in [2.45, 2.75) is 124 Å². The summed E-state index contributed by atoms with van der Waals surface area (Å²) in [5.74, 6) is 0.572. The zero-order chi connectivity index (χ0) is 26.2. The SMILES string of the molecule is CCCCCCCCCCCCCCCCc1cc(C)c(OS(=O)(=O)CCC[N+](C)(C)C)c(C)c1. The number of benzene rings is 1. The van der Waals surface area contributed by atoms with Gasteiger partial charge in [-0.2, -0.15) is 8.42 Å². The van der Waals surface area contributed by atoms with Crippen LogP contribution in [0.2, 0.25) is 0 Å². The van der Waals surface area contributed by atoms with E-state index in [9.17, 15) is 8.42 Å². The van der Waals surface area contributed by atoms with E-state index in [-0.39, 0.29) is 5.75 Å². The second-order valence-corrected chi connectivity index (χ2v) is 13.3. The average Bonchev–Trinajstić information content (AvgIpc) is 2.75. The molecule has 0 aromatic heterocycles. The van der Waals surface area contributed by atoms with Crippen molar-refractivity contribution in [2.24, 2.45) is 0 Å². The Bertz CT molecular complexity index is 773. The van der Waals surface area contributed by atoms with E-state index in [1.807, 2.05) is 13.8 Å². The third-order valence-corrected chi connectivity index (χ3v) is 7.98. The first-order chi connectivity index (χ1) is 16.5. The standard InChI is InChI=1S/C30H56NO3S/c1-7-8-9-10-11-12-13-14-15-16-17-18-19-20-22-29-25-27(2)30(28(3)26-29)34-35(32,33)24-21-23-31(4,5)6/h25-26H,7-24H2,1-6H3/q+1. The Balaban J connectivity index is 2.23. The van der Waals surface area contributed by atoms with Crippen molar-refractivity contribution in [2.75, 3.05) is 33.4 Å². The maximum atomic E-state index is 12.5. The second-order valence-electron chi connectivity index (χ2n) is 11.6. The maximum Gasteiger partial charge on any atom is 0.309 e. The molecule has 0 spiro atoms. The Morgan fingerprint density at radius 1 is 0.686 bits per heavy atom. The summed E-state index contributed by atoms with van der Waals surface area (Å²) in [6.07, 6.45) is 20.8. The van der Waals surface area contributed by atoms with Gasteiger partial charge in [0.25, 0.3) is 0 Å². The van der Waals surface area contributed by atoms with E-state index < -0.39 is 10.1 Å². The van der Waals surface area contributed by atoms with Gasteiger partial charge in [0.1, 0.15) is 5.75 Å². The topological polar surface area (TPSA) is 43.4 Å². The molecule has 35 heavy (non-hydrogen) atoms. The number of unbranched alkanes of at least 4 members (excludes halogenated alkanes) is 13. The van der Waals surface area contributed by atoms with Crippen molar-refractivity contribution in [3.8, 4) is 5.75 Å². The van der Waals surface area contributed by atoms with Gasteiger partial charge in [-0.15, -0.1) is 0 Å². The highest BCUT2D eigenvalue weighted by molar-refractivity contribution is 7.87. The van der Waals surface area contributed by atoms with Crippen LogP contribution in [0.5, 0.6) is 5.75 Å². The quantitative estimate of drug-likeness (QED) is 0.0952. The van der Waals surface area contributed by atoms with Crippen LogP contribution in [0.15, 0.2) is 12.1 Å². The summed E-state index contributed by atoms with van der Waals surface area (Å²) in [6, 6.07) is 4.21. The van der Waals surface area contributed by atoms with E-state index in [2.05, 4.69) is 40.2 Å². The number of quaternary nitrogens is 1. The van der Waals surface area contributed by atoms with Gasteiger partial charge in [0.2, 0.25) is 0 Å². The average molecular weight is 511 g/mol. The van der Waals surface area contributed by atoms with Crippen molar-refractivity contribution in [3.63, 3.8) is 0 Å². The monoisotopic (exact) mass is 510 g/mol. The lowest BCUT2D eigenvalue weighted by Gasteiger charge is -2.23. The van der Waals surface area contributed by atoms with Crippen LogP contribution >= 0.6 is 0 Å². The van der Waals surface area contributed by atoms with Crippen molar-refractivity contribution in [1.29, 1.82) is 0 Å². The molecule has 0 aliphatic heterocycles. The molecule has 0 amide bonds. The van der Waals surface area contributed by atoms with Gasteiger partial charge in [0.05, 0.1) is 33.4 Å². The zero-order valence-electron chi connectivity index (χ0n) is 24.0. The Labute approximate surface area is 218 Å². The van der Waals surface area contributed by atoms with E-state index in [0.29, 0.717) is 12.2 Å². The minimum absolute atomic E-state index is 0.0577. The molecule has 0 aliphatic rings. The van der Waals surface area contributed by atoms with Gasteiger partial charge in [-0.25, -0.2) is 0 Å². The molecule has 0 radical (unpaired) electrons.